The number of hydrogen-bond donors (Lipinski definition) is 3. The third kappa shape index (κ3) is 10.7. The van der Waals surface area contributed by atoms with E-state index in [0.29, 0.717) is 30.0 Å². The molecule has 326 valence electrons. The lowest BCUT2D eigenvalue weighted by Gasteiger charge is -2.38. The number of likely N-dealkylation sites (tertiary alicyclic amines) is 1. The number of rotatable bonds is 15. The molecule has 1 saturated heterocycles. The fourth-order valence-corrected chi connectivity index (χ4v) is 9.89. The van der Waals surface area contributed by atoms with E-state index in [1.807, 2.05) is 64.1 Å². The molecule has 2 saturated carbocycles. The smallest absolute Gasteiger partial charge is 0.289 e. The Labute approximate surface area is 360 Å². The number of nitrogens with zero attached hydrogens (tertiary/aromatic N) is 2. The van der Waals surface area contributed by atoms with Gasteiger partial charge < -0.3 is 30.4 Å². The second-order valence-electron chi connectivity index (χ2n) is 18.7. The summed E-state index contributed by atoms with van der Waals surface area (Å²) in [6, 6.07) is 12.0. The summed E-state index contributed by atoms with van der Waals surface area (Å²) in [5, 5.41) is 13.9. The lowest BCUT2D eigenvalue weighted by molar-refractivity contribution is -0.145. The normalized spacial score (nSPS) is 22.6. The van der Waals surface area contributed by atoms with Crippen molar-refractivity contribution >= 4 is 46.7 Å². The van der Waals surface area contributed by atoms with Crippen LogP contribution in [0, 0.1) is 11.3 Å². The lowest BCUT2D eigenvalue weighted by Crippen LogP contribution is -2.59. The molecular formula is C47H64ClN5O7. The summed E-state index contributed by atoms with van der Waals surface area (Å²) in [5.74, 6) is -1.63. The minimum atomic E-state index is -1.12. The molecule has 60 heavy (non-hydrogen) atoms. The molecule has 12 nitrogen and oxygen atoms in total. The highest BCUT2D eigenvalue weighted by Crippen LogP contribution is 2.41. The zero-order chi connectivity index (χ0) is 43.1. The molecule has 4 aliphatic rings. The fraction of sp³-hybridized carbons (Fsp3) is 0.617. The van der Waals surface area contributed by atoms with E-state index in [-0.39, 0.29) is 43.2 Å². The van der Waals surface area contributed by atoms with Crippen LogP contribution >= 0.6 is 11.6 Å². The monoisotopic (exact) mass is 845 g/mol. The molecule has 0 unspecified atom stereocenters. The molecule has 0 bridgehead atoms. The number of methoxy groups -OCH3 is 1. The van der Waals surface area contributed by atoms with Crippen molar-refractivity contribution < 1.29 is 33.5 Å². The van der Waals surface area contributed by atoms with Crippen LogP contribution in [0.5, 0.6) is 5.75 Å². The number of hydrogen-bond acceptors (Lipinski definition) is 8. The summed E-state index contributed by atoms with van der Waals surface area (Å²) in [4.78, 5) is 78.2. The molecule has 13 heteroatoms. The Kier molecular flexibility index (Phi) is 14.7. The first-order chi connectivity index (χ1) is 28.7. The Morgan fingerprint density at radius 3 is 2.32 bits per heavy atom. The van der Waals surface area contributed by atoms with E-state index in [4.69, 9.17) is 21.2 Å². The predicted molar refractivity (Wildman–Crippen MR) is 232 cm³/mol. The molecule has 6 rings (SSSR count). The summed E-state index contributed by atoms with van der Waals surface area (Å²) in [7, 11) is 1.62. The molecule has 2 aromatic rings. The Hall–Kier alpha value is -4.45. The van der Waals surface area contributed by atoms with Crippen molar-refractivity contribution in [3.8, 4) is 5.75 Å². The van der Waals surface area contributed by atoms with Crippen LogP contribution in [-0.2, 0) is 34.2 Å². The van der Waals surface area contributed by atoms with Crippen LogP contribution in [0.25, 0.3) is 0 Å². The number of carbonyl (C=O) groups excluding carboxylic acids is 5. The summed E-state index contributed by atoms with van der Waals surface area (Å²) in [5.41, 5.74) is 0.432. The highest BCUT2D eigenvalue weighted by Gasteiger charge is 2.56. The first-order valence-electron chi connectivity index (χ1n) is 22.0. The molecular weight excluding hydrogens is 782 g/mol. The van der Waals surface area contributed by atoms with Crippen LogP contribution in [0.2, 0.25) is 5.02 Å². The van der Waals surface area contributed by atoms with Crippen molar-refractivity contribution in [2.45, 2.75) is 153 Å². The van der Waals surface area contributed by atoms with Crippen LogP contribution in [0.3, 0.4) is 0 Å². The van der Waals surface area contributed by atoms with Crippen molar-refractivity contribution in [1.29, 1.82) is 0 Å². The standard InChI is InChI=1S/C47H64ClN5O7/c1-6-14-36(40(55)43(57)49-29-46(23-11-8-12-24-46)33-19-21-35(59-5)22-20-33)50-42(56)38-28-47(27-37(52-60-47)32-17-13-18-34(48)26-32)30-53(38)44(58)41(45(2,3)4)51-39(54)25-31-15-9-7-10-16-31/h13,17-22,26,31,36,38,41H,6-12,14-16,23-25,27-30H2,1-5H3,(H,49,57)(H,50,56)(H,51,54)/t36-,38-,41+,47+/m0/s1. The zero-order valence-corrected chi connectivity index (χ0v) is 36.8. The average molecular weight is 847 g/mol. The van der Waals surface area contributed by atoms with E-state index in [1.165, 1.54) is 11.3 Å². The van der Waals surface area contributed by atoms with Gasteiger partial charge in [-0.3, -0.25) is 24.0 Å². The van der Waals surface area contributed by atoms with Crippen LogP contribution < -0.4 is 20.7 Å². The molecule has 4 amide bonds. The van der Waals surface area contributed by atoms with Gasteiger partial charge in [0.1, 0.15) is 17.8 Å². The molecule has 2 aliphatic carbocycles. The van der Waals surface area contributed by atoms with Gasteiger partial charge in [-0.2, -0.15) is 0 Å². The van der Waals surface area contributed by atoms with Crippen molar-refractivity contribution in [3.05, 3.63) is 64.7 Å². The van der Waals surface area contributed by atoms with Gasteiger partial charge in [-0.1, -0.05) is 114 Å². The van der Waals surface area contributed by atoms with E-state index in [2.05, 4.69) is 21.1 Å². The third-order valence-corrected chi connectivity index (χ3v) is 13.4. The van der Waals surface area contributed by atoms with Crippen LogP contribution in [0.15, 0.2) is 53.7 Å². The number of ether oxygens (including phenoxy) is 1. The van der Waals surface area contributed by atoms with Crippen molar-refractivity contribution in [1.82, 2.24) is 20.9 Å². The molecule has 1 spiro atoms. The molecule has 3 fully saturated rings. The van der Waals surface area contributed by atoms with Gasteiger partial charge in [0.15, 0.2) is 5.60 Å². The summed E-state index contributed by atoms with van der Waals surface area (Å²) in [6.07, 6.45) is 11.7. The molecule has 0 radical (unpaired) electrons. The van der Waals surface area contributed by atoms with E-state index in [9.17, 15) is 24.0 Å². The Morgan fingerprint density at radius 2 is 1.67 bits per heavy atom. The van der Waals surface area contributed by atoms with Crippen molar-refractivity contribution in [2.75, 3.05) is 20.2 Å². The van der Waals surface area contributed by atoms with Gasteiger partial charge in [0, 0.05) is 41.8 Å². The summed E-state index contributed by atoms with van der Waals surface area (Å²) >= 11 is 6.31. The number of Topliss-reactive ketones (excluding diaryl/α,β-unsaturated/α-hetero) is 1. The third-order valence-electron chi connectivity index (χ3n) is 13.1. The minimum Gasteiger partial charge on any atom is -0.497 e. The van der Waals surface area contributed by atoms with Gasteiger partial charge in [-0.05, 0) is 73.3 Å². The molecule has 3 N–H and O–H groups in total. The van der Waals surface area contributed by atoms with Crippen molar-refractivity contribution in [3.63, 3.8) is 0 Å². The second-order valence-corrected chi connectivity index (χ2v) is 19.2. The quantitative estimate of drug-likeness (QED) is 0.160. The maximum Gasteiger partial charge on any atom is 0.289 e. The Morgan fingerprint density at radius 1 is 0.967 bits per heavy atom. The lowest BCUT2D eigenvalue weighted by atomic mass is 9.69. The van der Waals surface area contributed by atoms with Gasteiger partial charge in [-0.15, -0.1) is 0 Å². The van der Waals surface area contributed by atoms with Gasteiger partial charge in [0.2, 0.25) is 23.5 Å². The van der Waals surface area contributed by atoms with Gasteiger partial charge in [0.25, 0.3) is 5.91 Å². The van der Waals surface area contributed by atoms with Crippen LogP contribution in [0.1, 0.15) is 135 Å². The van der Waals surface area contributed by atoms with Crippen LogP contribution in [0.4, 0.5) is 0 Å². The minimum absolute atomic E-state index is 0.0306. The SMILES string of the molecule is CCC[C@H](NC(=O)[C@@H]1C[C@]2(CC(c3cccc(Cl)c3)=NO2)CN1C(=O)[C@@H](NC(=O)CC1CCCCC1)C(C)(C)C)C(=O)C(=O)NCC1(c2ccc(OC)cc2)CCCCC1. The van der Waals surface area contributed by atoms with Crippen LogP contribution in [-0.4, -0.2) is 83.9 Å². The van der Waals surface area contributed by atoms with E-state index >= 15 is 0 Å². The number of amides is 4. The molecule has 2 aliphatic heterocycles. The number of carbonyl (C=O) groups is 5. The predicted octanol–water partition coefficient (Wildman–Crippen LogP) is 7.19. The zero-order valence-electron chi connectivity index (χ0n) is 36.1. The maximum absolute atomic E-state index is 14.8. The highest BCUT2D eigenvalue weighted by atomic mass is 35.5. The molecule has 0 aromatic heterocycles. The fourth-order valence-electron chi connectivity index (χ4n) is 9.70. The number of ketones is 1. The maximum atomic E-state index is 14.8. The van der Waals surface area contributed by atoms with E-state index in [0.717, 1.165) is 74.7 Å². The summed E-state index contributed by atoms with van der Waals surface area (Å²) < 4.78 is 5.37. The first kappa shape index (κ1) is 45.1. The largest absolute Gasteiger partial charge is 0.497 e. The second kappa shape index (κ2) is 19.5. The Balaban J connectivity index is 1.21. The van der Waals surface area contributed by atoms with Crippen molar-refractivity contribution in [2.24, 2.45) is 16.5 Å². The Bertz CT molecular complexity index is 1900. The number of benzene rings is 2. The topological polar surface area (TPSA) is 155 Å². The van der Waals surface area contributed by atoms with E-state index in [1.54, 1.807) is 19.2 Å². The van der Waals surface area contributed by atoms with E-state index < -0.39 is 52.6 Å². The number of halogens is 1. The first-order valence-corrected chi connectivity index (χ1v) is 22.4. The number of oxime groups is 1. The summed E-state index contributed by atoms with van der Waals surface area (Å²) in [6.45, 7) is 7.88. The van der Waals surface area contributed by atoms with Gasteiger partial charge >= 0.3 is 0 Å². The molecule has 2 aromatic carbocycles. The molecule has 2 heterocycles. The van der Waals surface area contributed by atoms with Gasteiger partial charge in [-0.25, -0.2) is 0 Å². The average Bonchev–Trinajstić information content (AvgIpc) is 3.84. The van der Waals surface area contributed by atoms with Gasteiger partial charge in [0.05, 0.1) is 25.4 Å². The molecule has 4 atom stereocenters. The number of nitrogens with one attached hydrogen (secondary N) is 3. The highest BCUT2D eigenvalue weighted by molar-refractivity contribution is 6.38.